The van der Waals surface area contributed by atoms with Gasteiger partial charge in [0.05, 0.1) is 5.02 Å². The lowest BCUT2D eigenvalue weighted by molar-refractivity contribution is 0.190. The number of rotatable bonds is 5. The van der Waals surface area contributed by atoms with Crippen molar-refractivity contribution >= 4 is 11.6 Å². The molecule has 0 spiro atoms. The lowest BCUT2D eigenvalue weighted by Gasteiger charge is -2.30. The number of nitrogens with zero attached hydrogens (tertiary/aromatic N) is 2. The Balaban J connectivity index is 1.62. The van der Waals surface area contributed by atoms with Gasteiger partial charge in [-0.05, 0) is 56.3 Å². The highest BCUT2D eigenvalue weighted by atomic mass is 35.5. The maximum absolute atomic E-state index is 6.24. The molecule has 19 heavy (non-hydrogen) atoms. The zero-order valence-corrected chi connectivity index (χ0v) is 12.1. The fraction of sp³-hybridized carbons (Fsp3) is 0.667. The molecule has 0 atom stereocenters. The summed E-state index contributed by atoms with van der Waals surface area (Å²) in [6.07, 6.45) is 8.94. The van der Waals surface area contributed by atoms with E-state index < -0.39 is 0 Å². The van der Waals surface area contributed by atoms with E-state index in [1.54, 1.807) is 6.20 Å². The van der Waals surface area contributed by atoms with E-state index in [1.807, 2.05) is 6.20 Å². The van der Waals surface area contributed by atoms with E-state index in [0.29, 0.717) is 0 Å². The first-order chi connectivity index (χ1) is 9.33. The van der Waals surface area contributed by atoms with Crippen molar-refractivity contribution in [3.05, 3.63) is 29.0 Å². The van der Waals surface area contributed by atoms with E-state index in [9.17, 15) is 0 Å². The van der Waals surface area contributed by atoms with Gasteiger partial charge in [0.25, 0.3) is 0 Å². The molecule has 0 bridgehead atoms. The van der Waals surface area contributed by atoms with E-state index in [1.165, 1.54) is 50.9 Å². The molecule has 2 aliphatic rings. The minimum absolute atomic E-state index is 0.791. The van der Waals surface area contributed by atoms with Gasteiger partial charge in [0, 0.05) is 31.5 Å². The number of hydrogen-bond acceptors (Lipinski definition) is 3. The summed E-state index contributed by atoms with van der Waals surface area (Å²) in [6, 6.07) is 2.85. The lowest BCUT2D eigenvalue weighted by atomic mass is 9.97. The topological polar surface area (TPSA) is 28.2 Å². The van der Waals surface area contributed by atoms with E-state index >= 15 is 0 Å². The summed E-state index contributed by atoms with van der Waals surface area (Å²) in [4.78, 5) is 6.71. The van der Waals surface area contributed by atoms with Gasteiger partial charge in [-0.15, -0.1) is 0 Å². The Hall–Kier alpha value is -0.640. The summed E-state index contributed by atoms with van der Waals surface area (Å²) < 4.78 is 0. The van der Waals surface area contributed by atoms with Crippen LogP contribution in [0.15, 0.2) is 18.5 Å². The van der Waals surface area contributed by atoms with Gasteiger partial charge < -0.3 is 5.32 Å². The van der Waals surface area contributed by atoms with Crippen LogP contribution in [0, 0.1) is 5.92 Å². The van der Waals surface area contributed by atoms with Crippen molar-refractivity contribution in [1.82, 2.24) is 15.2 Å². The van der Waals surface area contributed by atoms with Crippen molar-refractivity contribution in [2.45, 2.75) is 38.3 Å². The first kappa shape index (κ1) is 13.3. The molecule has 1 aromatic rings. The molecule has 0 radical (unpaired) electrons. The van der Waals surface area contributed by atoms with Crippen LogP contribution >= 0.6 is 11.6 Å². The van der Waals surface area contributed by atoms with Crippen molar-refractivity contribution < 1.29 is 0 Å². The quantitative estimate of drug-likeness (QED) is 0.898. The lowest BCUT2D eigenvalue weighted by Crippen LogP contribution is -2.37. The molecule has 0 aromatic carbocycles. The van der Waals surface area contributed by atoms with Crippen LogP contribution in [-0.2, 0) is 6.54 Å². The molecule has 2 heterocycles. The fourth-order valence-electron chi connectivity index (χ4n) is 2.93. The maximum atomic E-state index is 6.24. The average Bonchev–Trinajstić information content (AvgIpc) is 3.26. The molecular formula is C15H22ClN3. The molecule has 1 aliphatic heterocycles. The first-order valence-electron chi connectivity index (χ1n) is 7.36. The minimum atomic E-state index is 0.791. The van der Waals surface area contributed by atoms with Crippen LogP contribution in [0.2, 0.25) is 5.02 Å². The van der Waals surface area contributed by atoms with Gasteiger partial charge in [-0.1, -0.05) is 11.6 Å². The first-order valence-corrected chi connectivity index (χ1v) is 7.74. The maximum Gasteiger partial charge on any atom is 0.0634 e. The monoisotopic (exact) mass is 279 g/mol. The van der Waals surface area contributed by atoms with Gasteiger partial charge in [-0.2, -0.15) is 0 Å². The van der Waals surface area contributed by atoms with Crippen LogP contribution in [0.25, 0.3) is 0 Å². The number of nitrogens with one attached hydrogen (secondary N) is 1. The molecule has 1 saturated heterocycles. The number of piperidine rings is 1. The Kier molecular flexibility index (Phi) is 4.36. The predicted octanol–water partition coefficient (Wildman–Crippen LogP) is 2.70. The van der Waals surface area contributed by atoms with Gasteiger partial charge in [0.1, 0.15) is 0 Å². The third-order valence-electron chi connectivity index (χ3n) is 4.24. The van der Waals surface area contributed by atoms with Gasteiger partial charge in [0.15, 0.2) is 0 Å². The normalized spacial score (nSPS) is 20.9. The highest BCUT2D eigenvalue weighted by Crippen LogP contribution is 2.31. The van der Waals surface area contributed by atoms with E-state index in [4.69, 9.17) is 11.6 Å². The van der Waals surface area contributed by atoms with E-state index in [-0.39, 0.29) is 0 Å². The van der Waals surface area contributed by atoms with Crippen molar-refractivity contribution in [1.29, 1.82) is 0 Å². The van der Waals surface area contributed by atoms with Gasteiger partial charge in [-0.3, -0.25) is 9.88 Å². The SMILES string of the molecule is Clc1cnccc1CN(CC1CCNCC1)C1CC1. The van der Waals surface area contributed by atoms with Crippen molar-refractivity contribution in [3.63, 3.8) is 0 Å². The molecule has 104 valence electrons. The summed E-state index contributed by atoms with van der Waals surface area (Å²) in [5.41, 5.74) is 1.22. The smallest absolute Gasteiger partial charge is 0.0634 e. The molecular weight excluding hydrogens is 258 g/mol. The highest BCUT2D eigenvalue weighted by molar-refractivity contribution is 6.31. The molecule has 1 aromatic heterocycles. The van der Waals surface area contributed by atoms with Crippen LogP contribution in [0.5, 0.6) is 0 Å². The number of hydrogen-bond donors (Lipinski definition) is 1. The summed E-state index contributed by atoms with van der Waals surface area (Å²) in [6.45, 7) is 4.57. The molecule has 0 amide bonds. The van der Waals surface area contributed by atoms with Gasteiger partial charge >= 0.3 is 0 Å². The Labute approximate surface area is 120 Å². The highest BCUT2D eigenvalue weighted by Gasteiger charge is 2.31. The molecule has 3 nitrogen and oxygen atoms in total. The number of aromatic nitrogens is 1. The van der Waals surface area contributed by atoms with Crippen molar-refractivity contribution in [3.8, 4) is 0 Å². The summed E-state index contributed by atoms with van der Waals surface area (Å²) >= 11 is 6.24. The Bertz CT molecular complexity index is 414. The molecule has 1 N–H and O–H groups in total. The second-order valence-electron chi connectivity index (χ2n) is 5.82. The van der Waals surface area contributed by atoms with Crippen LogP contribution < -0.4 is 5.32 Å². The van der Waals surface area contributed by atoms with Gasteiger partial charge in [-0.25, -0.2) is 0 Å². The molecule has 0 unspecified atom stereocenters. The average molecular weight is 280 g/mol. The fourth-order valence-corrected chi connectivity index (χ4v) is 3.11. The Morgan fingerprint density at radius 2 is 2.05 bits per heavy atom. The van der Waals surface area contributed by atoms with Gasteiger partial charge in [0.2, 0.25) is 0 Å². The zero-order valence-electron chi connectivity index (χ0n) is 11.3. The van der Waals surface area contributed by atoms with Crippen LogP contribution in [0.4, 0.5) is 0 Å². The third-order valence-corrected chi connectivity index (χ3v) is 4.58. The largest absolute Gasteiger partial charge is 0.317 e. The Morgan fingerprint density at radius 1 is 1.26 bits per heavy atom. The molecule has 2 fully saturated rings. The zero-order chi connectivity index (χ0) is 13.1. The van der Waals surface area contributed by atoms with E-state index in [2.05, 4.69) is 21.3 Å². The second-order valence-corrected chi connectivity index (χ2v) is 6.23. The van der Waals surface area contributed by atoms with Crippen molar-refractivity contribution in [2.75, 3.05) is 19.6 Å². The third kappa shape index (κ3) is 3.68. The van der Waals surface area contributed by atoms with Crippen LogP contribution in [-0.4, -0.2) is 35.6 Å². The van der Waals surface area contributed by atoms with Crippen LogP contribution in [0.1, 0.15) is 31.2 Å². The minimum Gasteiger partial charge on any atom is -0.317 e. The Morgan fingerprint density at radius 3 is 2.74 bits per heavy atom. The van der Waals surface area contributed by atoms with E-state index in [0.717, 1.165) is 23.5 Å². The summed E-state index contributed by atoms with van der Waals surface area (Å²) in [7, 11) is 0. The second kappa shape index (κ2) is 6.21. The van der Waals surface area contributed by atoms with Crippen LogP contribution in [0.3, 0.4) is 0 Å². The predicted molar refractivity (Wildman–Crippen MR) is 78.3 cm³/mol. The molecule has 4 heteroatoms. The molecule has 1 aliphatic carbocycles. The van der Waals surface area contributed by atoms with Crippen molar-refractivity contribution in [2.24, 2.45) is 5.92 Å². The summed E-state index contributed by atoms with van der Waals surface area (Å²) in [5, 5.41) is 4.25. The standard InChI is InChI=1S/C15H22ClN3/c16-15-9-18-8-5-13(15)11-19(14-1-2-14)10-12-3-6-17-7-4-12/h5,8-9,12,14,17H,1-4,6-7,10-11H2. The molecule has 1 saturated carbocycles. The molecule has 3 rings (SSSR count). The number of halogens is 1. The summed E-state index contributed by atoms with van der Waals surface area (Å²) in [5.74, 6) is 0.850. The number of pyridine rings is 1.